The van der Waals surface area contributed by atoms with Crippen LogP contribution in [-0.4, -0.2) is 45.9 Å². The first kappa shape index (κ1) is 30.1. The number of nitrogens with zero attached hydrogens (tertiary/aromatic N) is 4. The topological polar surface area (TPSA) is 120 Å². The number of aromatic nitrogens is 4. The number of nitrogen functional groups attached to an aromatic ring is 1. The lowest BCUT2D eigenvalue weighted by Gasteiger charge is -2.19. The van der Waals surface area contributed by atoms with Gasteiger partial charge in [-0.3, -0.25) is 9.48 Å². The van der Waals surface area contributed by atoms with E-state index in [2.05, 4.69) is 25.7 Å². The van der Waals surface area contributed by atoms with Gasteiger partial charge < -0.3 is 21.1 Å². The van der Waals surface area contributed by atoms with Crippen LogP contribution in [-0.2, 0) is 19.6 Å². The van der Waals surface area contributed by atoms with Gasteiger partial charge in [0.05, 0.1) is 30.0 Å². The quantitative estimate of drug-likeness (QED) is 0.205. The molecule has 1 fully saturated rings. The van der Waals surface area contributed by atoms with Crippen molar-refractivity contribution in [1.29, 1.82) is 0 Å². The van der Waals surface area contributed by atoms with Gasteiger partial charge in [0.25, 0.3) is 5.91 Å². The lowest BCUT2D eigenvalue weighted by molar-refractivity contribution is -0.137. The van der Waals surface area contributed by atoms with Gasteiger partial charge in [-0.2, -0.15) is 18.3 Å². The lowest BCUT2D eigenvalue weighted by atomic mass is 9.92. The maximum atomic E-state index is 13.7. The van der Waals surface area contributed by atoms with Crippen molar-refractivity contribution in [3.05, 3.63) is 83.3 Å². The number of nitrogens with two attached hydrogens (primary N) is 1. The van der Waals surface area contributed by atoms with E-state index < -0.39 is 17.6 Å². The lowest BCUT2D eigenvalue weighted by Crippen LogP contribution is -2.17. The predicted molar refractivity (Wildman–Crippen MR) is 167 cm³/mol. The molecular formula is C33H32F3N7O2. The largest absolute Gasteiger partial charge is 0.495 e. The van der Waals surface area contributed by atoms with Crippen LogP contribution in [0.1, 0.15) is 33.5 Å². The van der Waals surface area contributed by atoms with E-state index in [0.717, 1.165) is 42.8 Å². The third-order valence-electron chi connectivity index (χ3n) is 8.19. The fourth-order valence-corrected chi connectivity index (χ4v) is 5.90. The Bertz CT molecular complexity index is 1910. The number of methoxy groups -OCH3 is 1. The average molecular weight is 616 g/mol. The van der Waals surface area contributed by atoms with Gasteiger partial charge in [0.15, 0.2) is 0 Å². The summed E-state index contributed by atoms with van der Waals surface area (Å²) in [5.41, 5.74) is 10.5. The van der Waals surface area contributed by atoms with Crippen molar-refractivity contribution in [1.82, 2.24) is 25.1 Å². The second-order valence-corrected chi connectivity index (χ2v) is 11.3. The van der Waals surface area contributed by atoms with Gasteiger partial charge in [0.1, 0.15) is 5.75 Å². The molecule has 3 heterocycles. The van der Waals surface area contributed by atoms with Crippen LogP contribution < -0.4 is 21.1 Å². The molecule has 1 amide bonds. The van der Waals surface area contributed by atoms with Crippen molar-refractivity contribution < 1.29 is 22.7 Å². The first-order valence-electron chi connectivity index (χ1n) is 14.5. The smallest absolute Gasteiger partial charge is 0.416 e. The molecule has 0 bridgehead atoms. The molecule has 1 aliphatic rings. The molecule has 0 spiro atoms. The van der Waals surface area contributed by atoms with Gasteiger partial charge in [0, 0.05) is 47.2 Å². The maximum Gasteiger partial charge on any atom is 0.416 e. The number of alkyl halides is 3. The van der Waals surface area contributed by atoms with Gasteiger partial charge in [0.2, 0.25) is 5.95 Å². The number of fused-ring (bicyclic) bond motifs is 1. The SMILES string of the molecule is COc1c(-c2cc(C(=O)Nc3cc(C(F)(F)F)ccc3CC3CCNC3)ccc2C)cc2cnc(N)nc2c1-c1cnn(C)c1. The summed E-state index contributed by atoms with van der Waals surface area (Å²) in [6, 6.07) is 10.6. The Labute approximate surface area is 257 Å². The Kier molecular flexibility index (Phi) is 7.92. The number of nitrogens with one attached hydrogen (secondary N) is 2. The number of hydrogen-bond donors (Lipinski definition) is 3. The predicted octanol–water partition coefficient (Wildman–Crippen LogP) is 6.02. The Morgan fingerprint density at radius 2 is 1.98 bits per heavy atom. The number of ether oxygens (including phenoxy) is 1. The monoisotopic (exact) mass is 615 g/mol. The summed E-state index contributed by atoms with van der Waals surface area (Å²) in [7, 11) is 3.36. The number of carbonyl (C=O) groups excluding carboxylic acids is 1. The van der Waals surface area contributed by atoms with Gasteiger partial charge in [-0.25, -0.2) is 9.97 Å². The number of rotatable bonds is 7. The highest BCUT2D eigenvalue weighted by Crippen LogP contribution is 2.44. The van der Waals surface area contributed by atoms with Crippen LogP contribution in [0.5, 0.6) is 5.75 Å². The van der Waals surface area contributed by atoms with Crippen molar-refractivity contribution in [3.63, 3.8) is 0 Å². The summed E-state index contributed by atoms with van der Waals surface area (Å²) in [5.74, 6) is 0.358. The number of carbonyl (C=O) groups is 1. The normalized spacial score (nSPS) is 15.0. The number of hydrogen-bond acceptors (Lipinski definition) is 7. The molecule has 232 valence electrons. The van der Waals surface area contributed by atoms with Crippen LogP contribution in [0.2, 0.25) is 0 Å². The second-order valence-electron chi connectivity index (χ2n) is 11.3. The summed E-state index contributed by atoms with van der Waals surface area (Å²) < 4.78 is 48.6. The van der Waals surface area contributed by atoms with Crippen LogP contribution in [0.3, 0.4) is 0 Å². The molecule has 4 N–H and O–H groups in total. The summed E-state index contributed by atoms with van der Waals surface area (Å²) in [6.07, 6.45) is 2.09. The van der Waals surface area contributed by atoms with Crippen LogP contribution in [0.25, 0.3) is 33.2 Å². The van der Waals surface area contributed by atoms with Crippen molar-refractivity contribution >= 4 is 28.4 Å². The van der Waals surface area contributed by atoms with E-state index in [-0.39, 0.29) is 23.1 Å². The highest BCUT2D eigenvalue weighted by atomic mass is 19.4. The Hall–Kier alpha value is -4.97. The van der Waals surface area contributed by atoms with Crippen LogP contribution >= 0.6 is 0 Å². The number of aryl methyl sites for hydroxylation is 2. The molecule has 2 aromatic heterocycles. The van der Waals surface area contributed by atoms with E-state index in [1.165, 1.54) is 6.07 Å². The maximum absolute atomic E-state index is 13.7. The van der Waals surface area contributed by atoms with Crippen molar-refractivity contribution in [2.24, 2.45) is 13.0 Å². The Morgan fingerprint density at radius 1 is 1.16 bits per heavy atom. The van der Waals surface area contributed by atoms with Gasteiger partial charge in [-0.05, 0) is 85.8 Å². The van der Waals surface area contributed by atoms with Crippen LogP contribution in [0.4, 0.5) is 24.8 Å². The molecule has 1 aliphatic heterocycles. The van der Waals surface area contributed by atoms with Crippen LogP contribution in [0, 0.1) is 12.8 Å². The highest BCUT2D eigenvalue weighted by molar-refractivity contribution is 6.07. The highest BCUT2D eigenvalue weighted by Gasteiger charge is 2.32. The number of benzene rings is 3. The minimum Gasteiger partial charge on any atom is -0.495 e. The van der Waals surface area contributed by atoms with Gasteiger partial charge >= 0.3 is 6.18 Å². The third-order valence-corrected chi connectivity index (χ3v) is 8.19. The molecule has 12 heteroatoms. The second kappa shape index (κ2) is 11.8. The molecule has 5 aromatic rings. The summed E-state index contributed by atoms with van der Waals surface area (Å²) in [6.45, 7) is 3.55. The fourth-order valence-electron chi connectivity index (χ4n) is 5.90. The molecule has 0 radical (unpaired) electrons. The summed E-state index contributed by atoms with van der Waals surface area (Å²) >= 11 is 0. The zero-order chi connectivity index (χ0) is 31.9. The molecule has 1 atom stereocenters. The van der Waals surface area contributed by atoms with E-state index >= 15 is 0 Å². The number of amides is 1. The van der Waals surface area contributed by atoms with E-state index in [1.54, 1.807) is 49.4 Å². The average Bonchev–Trinajstić information content (AvgIpc) is 3.68. The minimum absolute atomic E-state index is 0.107. The molecule has 3 aromatic carbocycles. The molecule has 9 nitrogen and oxygen atoms in total. The molecule has 0 aliphatic carbocycles. The minimum atomic E-state index is -4.54. The molecule has 0 saturated carbocycles. The molecular weight excluding hydrogens is 583 g/mol. The van der Waals surface area contributed by atoms with Gasteiger partial charge in [-0.15, -0.1) is 0 Å². The Balaban J connectivity index is 1.43. The first-order valence-corrected chi connectivity index (χ1v) is 14.5. The van der Waals surface area contributed by atoms with E-state index in [0.29, 0.717) is 45.3 Å². The zero-order valence-electron chi connectivity index (χ0n) is 25.0. The van der Waals surface area contributed by atoms with Crippen molar-refractivity contribution in [2.45, 2.75) is 25.9 Å². The molecule has 1 unspecified atom stereocenters. The van der Waals surface area contributed by atoms with Crippen molar-refractivity contribution in [3.8, 4) is 28.0 Å². The fraction of sp³-hybridized carbons (Fsp3) is 0.273. The third kappa shape index (κ3) is 6.05. The standard InChI is InChI=1S/C33H32F3N7O2/c1-18-4-5-21(31(44)41-27-13-24(33(34,35)36)7-6-20(27)10-19-8-9-38-14-19)11-25(18)26-12-22-15-39-32(37)42-29(22)28(30(26)45-3)23-16-40-43(2)17-23/h4-7,11-13,15-17,19,38H,8-10,14H2,1-3H3,(H,41,44)(H2,37,39,42). The van der Waals surface area contributed by atoms with Gasteiger partial charge in [-0.1, -0.05) is 12.1 Å². The Morgan fingerprint density at radius 3 is 2.67 bits per heavy atom. The summed E-state index contributed by atoms with van der Waals surface area (Å²) in [5, 5.41) is 11.1. The number of anilines is 2. The first-order chi connectivity index (χ1) is 21.5. The number of halogens is 3. The van der Waals surface area contributed by atoms with Crippen LogP contribution in [0.15, 0.2) is 61.1 Å². The summed E-state index contributed by atoms with van der Waals surface area (Å²) in [4.78, 5) is 22.3. The van der Waals surface area contributed by atoms with Crippen molar-refractivity contribution in [2.75, 3.05) is 31.2 Å². The zero-order valence-corrected chi connectivity index (χ0v) is 25.0. The van der Waals surface area contributed by atoms with E-state index in [9.17, 15) is 18.0 Å². The molecule has 1 saturated heterocycles. The molecule has 6 rings (SSSR count). The van der Waals surface area contributed by atoms with E-state index in [4.69, 9.17) is 10.5 Å². The van der Waals surface area contributed by atoms with E-state index in [1.807, 2.05) is 19.2 Å². The molecule has 45 heavy (non-hydrogen) atoms.